The van der Waals surface area contributed by atoms with Crippen molar-refractivity contribution in [3.8, 4) is 11.8 Å². The van der Waals surface area contributed by atoms with Crippen LogP contribution in [0, 0.1) is 26.9 Å². The van der Waals surface area contributed by atoms with Crippen LogP contribution in [0.2, 0.25) is 0 Å². The summed E-state index contributed by atoms with van der Waals surface area (Å²) in [7, 11) is 1.33. The van der Waals surface area contributed by atoms with Crippen LogP contribution in [0.25, 0.3) is 0 Å². The molecular weight excluding hydrogens is 262 g/mol. The van der Waals surface area contributed by atoms with E-state index in [1.807, 2.05) is 0 Å². The third kappa shape index (κ3) is 3.68. The van der Waals surface area contributed by atoms with Crippen molar-refractivity contribution in [2.24, 2.45) is 5.41 Å². The minimum absolute atomic E-state index is 0.117. The van der Waals surface area contributed by atoms with Crippen LogP contribution in [-0.2, 0) is 0 Å². The van der Waals surface area contributed by atoms with Gasteiger partial charge in [0.15, 0.2) is 0 Å². The summed E-state index contributed by atoms with van der Waals surface area (Å²) >= 11 is 0. The van der Waals surface area contributed by atoms with Gasteiger partial charge in [-0.05, 0) is 19.9 Å². The lowest BCUT2D eigenvalue weighted by Gasteiger charge is -2.16. The molecule has 7 heteroatoms. The molecule has 0 aliphatic carbocycles. The number of non-ortho nitro benzene ring substituents is 1. The molecule has 0 fully saturated rings. The summed E-state index contributed by atoms with van der Waals surface area (Å²) in [5, 5.41) is 22.1. The lowest BCUT2D eigenvalue weighted by molar-refractivity contribution is -0.384. The number of rotatable bonds is 5. The second-order valence-corrected chi connectivity index (χ2v) is 4.82. The molecule has 0 aliphatic rings. The molecule has 0 saturated heterocycles. The molecule has 0 aliphatic heterocycles. The maximum Gasteiger partial charge on any atom is 0.273 e. The second kappa shape index (κ2) is 6.02. The molecule has 1 aromatic carbocycles. The molecule has 0 radical (unpaired) electrons. The average Bonchev–Trinajstić information content (AvgIpc) is 2.44. The number of ether oxygens (including phenoxy) is 1. The molecule has 0 heterocycles. The quantitative estimate of drug-likeness (QED) is 0.653. The lowest BCUT2D eigenvalue weighted by atomic mass is 9.96. The smallest absolute Gasteiger partial charge is 0.273 e. The van der Waals surface area contributed by atoms with Crippen molar-refractivity contribution in [3.05, 3.63) is 33.9 Å². The number of hydrogen-bond donors (Lipinski definition) is 1. The molecule has 1 aromatic rings. The van der Waals surface area contributed by atoms with Crippen LogP contribution in [0.5, 0.6) is 5.75 Å². The summed E-state index contributed by atoms with van der Waals surface area (Å²) in [4.78, 5) is 22.1. The van der Waals surface area contributed by atoms with Gasteiger partial charge >= 0.3 is 0 Å². The molecule has 0 unspecified atom stereocenters. The Bertz CT molecular complexity index is 575. The first-order chi connectivity index (χ1) is 9.30. The zero-order valence-electron chi connectivity index (χ0n) is 11.5. The number of hydrogen-bond acceptors (Lipinski definition) is 5. The van der Waals surface area contributed by atoms with E-state index in [1.165, 1.54) is 25.3 Å². The van der Waals surface area contributed by atoms with Crippen molar-refractivity contribution in [1.29, 1.82) is 5.26 Å². The highest BCUT2D eigenvalue weighted by molar-refractivity contribution is 5.97. The maximum atomic E-state index is 12.0. The van der Waals surface area contributed by atoms with Gasteiger partial charge in [0.2, 0.25) is 0 Å². The Labute approximate surface area is 116 Å². The van der Waals surface area contributed by atoms with Gasteiger partial charge in [0, 0.05) is 12.6 Å². The van der Waals surface area contributed by atoms with E-state index in [2.05, 4.69) is 11.4 Å². The van der Waals surface area contributed by atoms with Crippen LogP contribution in [0.3, 0.4) is 0 Å². The molecule has 7 nitrogen and oxygen atoms in total. The highest BCUT2D eigenvalue weighted by atomic mass is 16.6. The van der Waals surface area contributed by atoms with E-state index in [0.29, 0.717) is 0 Å². The molecule has 0 aromatic heterocycles. The van der Waals surface area contributed by atoms with Gasteiger partial charge in [-0.15, -0.1) is 0 Å². The fourth-order valence-electron chi connectivity index (χ4n) is 1.42. The standard InChI is InChI=1S/C13H15N3O4/c1-13(2,7-14)8-15-12(17)10-5-4-9(16(18)19)6-11(10)20-3/h4-6H,8H2,1-3H3,(H,15,17). The molecule has 0 bridgehead atoms. The average molecular weight is 277 g/mol. The van der Waals surface area contributed by atoms with Crippen LogP contribution >= 0.6 is 0 Å². The van der Waals surface area contributed by atoms with Crippen molar-refractivity contribution < 1.29 is 14.5 Å². The number of benzene rings is 1. The zero-order valence-corrected chi connectivity index (χ0v) is 11.5. The Morgan fingerprint density at radius 3 is 2.70 bits per heavy atom. The number of nitrogens with one attached hydrogen (secondary N) is 1. The van der Waals surface area contributed by atoms with Gasteiger partial charge in [0.25, 0.3) is 11.6 Å². The first-order valence-electron chi connectivity index (χ1n) is 5.82. The van der Waals surface area contributed by atoms with Gasteiger partial charge in [-0.3, -0.25) is 14.9 Å². The Morgan fingerprint density at radius 1 is 1.55 bits per heavy atom. The van der Waals surface area contributed by atoms with Crippen molar-refractivity contribution >= 4 is 11.6 Å². The third-order valence-electron chi connectivity index (χ3n) is 2.63. The van der Waals surface area contributed by atoms with Crippen LogP contribution in [0.1, 0.15) is 24.2 Å². The molecule has 106 valence electrons. The van der Waals surface area contributed by atoms with Crippen LogP contribution < -0.4 is 10.1 Å². The molecule has 0 spiro atoms. The summed E-state index contributed by atoms with van der Waals surface area (Å²) in [5.41, 5.74) is -0.661. The molecule has 1 N–H and O–H groups in total. The number of carbonyl (C=O) groups excluding carboxylic acids is 1. The maximum absolute atomic E-state index is 12.0. The largest absolute Gasteiger partial charge is 0.496 e. The predicted octanol–water partition coefficient (Wildman–Crippen LogP) is 1.88. The highest BCUT2D eigenvalue weighted by Crippen LogP contribution is 2.24. The summed E-state index contributed by atoms with van der Waals surface area (Å²) in [6.45, 7) is 3.56. The van der Waals surface area contributed by atoms with E-state index in [9.17, 15) is 14.9 Å². The zero-order chi connectivity index (χ0) is 15.3. The monoisotopic (exact) mass is 277 g/mol. The fraction of sp³-hybridized carbons (Fsp3) is 0.385. The van der Waals surface area contributed by atoms with Crippen LogP contribution in [0.15, 0.2) is 18.2 Å². The van der Waals surface area contributed by atoms with E-state index in [4.69, 9.17) is 10.00 Å². The second-order valence-electron chi connectivity index (χ2n) is 4.82. The molecule has 20 heavy (non-hydrogen) atoms. The summed E-state index contributed by atoms with van der Waals surface area (Å²) in [5.74, 6) is -0.327. The lowest BCUT2D eigenvalue weighted by Crippen LogP contribution is -2.33. The van der Waals surface area contributed by atoms with Crippen LogP contribution in [0.4, 0.5) is 5.69 Å². The van der Waals surface area contributed by atoms with Crippen molar-refractivity contribution in [3.63, 3.8) is 0 Å². The Morgan fingerprint density at radius 2 is 2.20 bits per heavy atom. The number of carbonyl (C=O) groups is 1. The van der Waals surface area contributed by atoms with Crippen LogP contribution in [-0.4, -0.2) is 24.5 Å². The summed E-state index contributed by atoms with van der Waals surface area (Å²) in [6, 6.07) is 5.80. The Hall–Kier alpha value is -2.62. The number of nitro benzene ring substituents is 1. The molecule has 0 atom stereocenters. The first kappa shape index (κ1) is 15.4. The van der Waals surface area contributed by atoms with Crippen molar-refractivity contribution in [1.82, 2.24) is 5.32 Å². The van der Waals surface area contributed by atoms with Gasteiger partial charge in [-0.2, -0.15) is 5.26 Å². The van der Waals surface area contributed by atoms with Gasteiger partial charge in [-0.1, -0.05) is 0 Å². The van der Waals surface area contributed by atoms with Gasteiger partial charge in [0.05, 0.1) is 35.1 Å². The van der Waals surface area contributed by atoms with Gasteiger partial charge in [-0.25, -0.2) is 0 Å². The van der Waals surface area contributed by atoms with Crippen molar-refractivity contribution in [2.45, 2.75) is 13.8 Å². The van der Waals surface area contributed by atoms with Crippen molar-refractivity contribution in [2.75, 3.05) is 13.7 Å². The minimum atomic E-state index is -0.691. The van der Waals surface area contributed by atoms with Gasteiger partial charge < -0.3 is 10.1 Å². The Balaban J connectivity index is 2.94. The topological polar surface area (TPSA) is 105 Å². The van der Waals surface area contributed by atoms with E-state index >= 15 is 0 Å². The number of amides is 1. The predicted molar refractivity (Wildman–Crippen MR) is 71.4 cm³/mol. The number of methoxy groups -OCH3 is 1. The first-order valence-corrected chi connectivity index (χ1v) is 5.82. The fourth-order valence-corrected chi connectivity index (χ4v) is 1.42. The molecular formula is C13H15N3O4. The Kier molecular flexibility index (Phi) is 4.64. The third-order valence-corrected chi connectivity index (χ3v) is 2.63. The minimum Gasteiger partial charge on any atom is -0.496 e. The number of nitrogens with zero attached hydrogens (tertiary/aromatic N) is 2. The highest BCUT2D eigenvalue weighted by Gasteiger charge is 2.21. The van der Waals surface area contributed by atoms with Gasteiger partial charge in [0.1, 0.15) is 5.75 Å². The summed E-state index contributed by atoms with van der Waals surface area (Å²) < 4.78 is 4.99. The van der Waals surface area contributed by atoms with E-state index in [0.717, 1.165) is 0 Å². The summed E-state index contributed by atoms with van der Waals surface area (Å²) in [6.07, 6.45) is 0. The van der Waals surface area contributed by atoms with E-state index in [-0.39, 0.29) is 23.5 Å². The SMILES string of the molecule is COc1cc([N+](=O)[O-])ccc1C(=O)NCC(C)(C)C#N. The van der Waals surface area contributed by atoms with E-state index < -0.39 is 16.2 Å². The molecule has 1 amide bonds. The number of nitro groups is 1. The van der Waals surface area contributed by atoms with E-state index in [1.54, 1.807) is 13.8 Å². The molecule has 0 saturated carbocycles. The normalized spacial score (nSPS) is 10.5. The number of nitriles is 1. The molecule has 1 rings (SSSR count).